The first-order valence-electron chi connectivity index (χ1n) is 5.86. The molecule has 0 unspecified atom stereocenters. The molecule has 0 aliphatic rings. The van der Waals surface area contributed by atoms with Crippen molar-refractivity contribution < 1.29 is 9.90 Å². The lowest BCUT2D eigenvalue weighted by Crippen LogP contribution is -2.19. The van der Waals surface area contributed by atoms with Crippen molar-refractivity contribution in [2.24, 2.45) is 0 Å². The first-order chi connectivity index (χ1) is 8.48. The van der Waals surface area contributed by atoms with Gasteiger partial charge in [0.15, 0.2) is 0 Å². The van der Waals surface area contributed by atoms with Crippen LogP contribution in [0.3, 0.4) is 0 Å². The molecule has 2 aromatic rings. The van der Waals surface area contributed by atoms with Crippen molar-refractivity contribution >= 4 is 28.5 Å². The standard InChI is InChI=1S/C15H16O2S/c1-15(2,10-14(16)17)18-13-9-5-7-11-6-3-4-8-12(11)13/h3-9H,10H2,1-2H3,(H,16,17). The Hall–Kier alpha value is -1.48. The van der Waals surface area contributed by atoms with E-state index in [2.05, 4.69) is 24.3 Å². The molecular formula is C15H16O2S. The summed E-state index contributed by atoms with van der Waals surface area (Å²) in [7, 11) is 0. The SMILES string of the molecule is CC(C)(CC(=O)O)Sc1cccc2ccccc12. The number of carboxylic acids is 1. The average molecular weight is 260 g/mol. The van der Waals surface area contributed by atoms with E-state index in [1.807, 2.05) is 32.0 Å². The zero-order chi connectivity index (χ0) is 13.2. The maximum atomic E-state index is 10.9. The molecule has 94 valence electrons. The Labute approximate surface area is 111 Å². The summed E-state index contributed by atoms with van der Waals surface area (Å²) in [5, 5.41) is 11.3. The Bertz CT molecular complexity index is 570. The summed E-state index contributed by atoms with van der Waals surface area (Å²) in [6, 6.07) is 14.3. The number of fused-ring (bicyclic) bond motifs is 1. The zero-order valence-corrected chi connectivity index (χ0v) is 11.3. The minimum Gasteiger partial charge on any atom is -0.481 e. The molecule has 0 amide bonds. The molecule has 3 heteroatoms. The Morgan fingerprint density at radius 1 is 1.17 bits per heavy atom. The summed E-state index contributed by atoms with van der Waals surface area (Å²) in [6.07, 6.45) is 0.154. The van der Waals surface area contributed by atoms with E-state index in [0.29, 0.717) is 0 Å². The van der Waals surface area contributed by atoms with Gasteiger partial charge in [0.25, 0.3) is 0 Å². The smallest absolute Gasteiger partial charge is 0.304 e. The van der Waals surface area contributed by atoms with E-state index < -0.39 is 5.97 Å². The highest BCUT2D eigenvalue weighted by Gasteiger charge is 2.23. The highest BCUT2D eigenvalue weighted by Crippen LogP contribution is 2.38. The lowest BCUT2D eigenvalue weighted by molar-refractivity contribution is -0.137. The second kappa shape index (κ2) is 5.02. The van der Waals surface area contributed by atoms with Gasteiger partial charge in [-0.3, -0.25) is 4.79 Å². The molecule has 0 atom stereocenters. The van der Waals surface area contributed by atoms with E-state index in [0.717, 1.165) is 4.90 Å². The molecule has 18 heavy (non-hydrogen) atoms. The topological polar surface area (TPSA) is 37.3 Å². The van der Waals surface area contributed by atoms with Crippen LogP contribution in [-0.2, 0) is 4.79 Å². The number of aliphatic carboxylic acids is 1. The van der Waals surface area contributed by atoms with Crippen LogP contribution in [0.15, 0.2) is 47.4 Å². The zero-order valence-electron chi connectivity index (χ0n) is 10.5. The Kier molecular flexibility index (Phi) is 3.62. The monoisotopic (exact) mass is 260 g/mol. The van der Waals surface area contributed by atoms with Gasteiger partial charge in [0.05, 0.1) is 6.42 Å². The van der Waals surface area contributed by atoms with Gasteiger partial charge in [-0.25, -0.2) is 0 Å². The highest BCUT2D eigenvalue weighted by atomic mass is 32.2. The van der Waals surface area contributed by atoms with Crippen LogP contribution in [0, 0.1) is 0 Å². The number of rotatable bonds is 4. The van der Waals surface area contributed by atoms with Crippen molar-refractivity contribution in [1.29, 1.82) is 0 Å². The molecule has 0 fully saturated rings. The van der Waals surface area contributed by atoms with Crippen LogP contribution < -0.4 is 0 Å². The minimum absolute atomic E-state index is 0.154. The first kappa shape index (κ1) is 13.0. The third-order valence-corrected chi connectivity index (χ3v) is 3.99. The van der Waals surface area contributed by atoms with Crippen molar-refractivity contribution in [3.05, 3.63) is 42.5 Å². The fourth-order valence-corrected chi connectivity index (χ4v) is 3.22. The number of hydrogen-bond donors (Lipinski definition) is 1. The van der Waals surface area contributed by atoms with Crippen molar-refractivity contribution in [1.82, 2.24) is 0 Å². The number of hydrogen-bond acceptors (Lipinski definition) is 2. The van der Waals surface area contributed by atoms with Gasteiger partial charge in [0, 0.05) is 9.64 Å². The van der Waals surface area contributed by atoms with E-state index in [4.69, 9.17) is 5.11 Å². The molecule has 2 aromatic carbocycles. The molecular weight excluding hydrogens is 244 g/mol. The Morgan fingerprint density at radius 3 is 2.56 bits per heavy atom. The maximum absolute atomic E-state index is 10.9. The van der Waals surface area contributed by atoms with Crippen molar-refractivity contribution in [3.8, 4) is 0 Å². The third kappa shape index (κ3) is 3.05. The summed E-state index contributed by atoms with van der Waals surface area (Å²) in [5.74, 6) is -0.757. The van der Waals surface area contributed by atoms with E-state index >= 15 is 0 Å². The molecule has 0 radical (unpaired) electrons. The van der Waals surface area contributed by atoms with Gasteiger partial charge in [0.1, 0.15) is 0 Å². The van der Waals surface area contributed by atoms with Gasteiger partial charge in [0.2, 0.25) is 0 Å². The molecule has 1 N–H and O–H groups in total. The molecule has 0 aromatic heterocycles. The normalized spacial score (nSPS) is 11.7. The number of benzene rings is 2. The lowest BCUT2D eigenvalue weighted by atomic mass is 10.1. The van der Waals surface area contributed by atoms with Crippen molar-refractivity contribution in [2.75, 3.05) is 0 Å². The van der Waals surface area contributed by atoms with E-state index in [1.54, 1.807) is 11.8 Å². The van der Waals surface area contributed by atoms with Crippen LogP contribution in [0.5, 0.6) is 0 Å². The number of carbonyl (C=O) groups is 1. The van der Waals surface area contributed by atoms with Crippen LogP contribution in [0.2, 0.25) is 0 Å². The summed E-state index contributed by atoms with van der Waals surface area (Å²) in [4.78, 5) is 12.0. The fourth-order valence-electron chi connectivity index (χ4n) is 1.98. The molecule has 2 rings (SSSR count). The molecule has 2 nitrogen and oxygen atoms in total. The number of carboxylic acid groups (broad SMARTS) is 1. The predicted molar refractivity (Wildman–Crippen MR) is 76.1 cm³/mol. The second-order valence-electron chi connectivity index (χ2n) is 4.91. The summed E-state index contributed by atoms with van der Waals surface area (Å²) < 4.78 is -0.310. The predicted octanol–water partition coefficient (Wildman–Crippen LogP) is 4.19. The summed E-state index contributed by atoms with van der Waals surface area (Å²) in [5.41, 5.74) is 0. The van der Waals surface area contributed by atoms with E-state index in [9.17, 15) is 4.79 Å². The fraction of sp³-hybridized carbons (Fsp3) is 0.267. The molecule has 0 aliphatic carbocycles. The summed E-state index contributed by atoms with van der Waals surface area (Å²) in [6.45, 7) is 3.93. The summed E-state index contributed by atoms with van der Waals surface area (Å²) >= 11 is 1.62. The molecule has 0 saturated heterocycles. The van der Waals surface area contributed by atoms with Crippen LogP contribution in [0.4, 0.5) is 0 Å². The molecule has 0 saturated carbocycles. The average Bonchev–Trinajstić information content (AvgIpc) is 2.27. The van der Waals surface area contributed by atoms with Crippen molar-refractivity contribution in [2.45, 2.75) is 29.9 Å². The maximum Gasteiger partial charge on any atom is 0.304 e. The van der Waals surface area contributed by atoms with E-state index in [-0.39, 0.29) is 11.2 Å². The largest absolute Gasteiger partial charge is 0.481 e. The molecule has 0 heterocycles. The Balaban J connectivity index is 2.34. The third-order valence-electron chi connectivity index (χ3n) is 2.71. The minimum atomic E-state index is -0.757. The molecule has 0 bridgehead atoms. The molecule has 0 aliphatic heterocycles. The lowest BCUT2D eigenvalue weighted by Gasteiger charge is -2.22. The van der Waals surface area contributed by atoms with Crippen LogP contribution in [0.25, 0.3) is 10.8 Å². The number of thioether (sulfide) groups is 1. The second-order valence-corrected chi connectivity index (χ2v) is 6.66. The highest BCUT2D eigenvalue weighted by molar-refractivity contribution is 8.00. The van der Waals surface area contributed by atoms with Crippen LogP contribution >= 0.6 is 11.8 Å². The Morgan fingerprint density at radius 2 is 1.83 bits per heavy atom. The van der Waals surface area contributed by atoms with Gasteiger partial charge in [-0.1, -0.05) is 36.4 Å². The van der Waals surface area contributed by atoms with Crippen LogP contribution in [-0.4, -0.2) is 15.8 Å². The van der Waals surface area contributed by atoms with Gasteiger partial charge >= 0.3 is 5.97 Å². The van der Waals surface area contributed by atoms with Crippen LogP contribution in [0.1, 0.15) is 20.3 Å². The van der Waals surface area contributed by atoms with Crippen molar-refractivity contribution in [3.63, 3.8) is 0 Å². The van der Waals surface area contributed by atoms with Gasteiger partial charge in [-0.05, 0) is 30.7 Å². The quantitative estimate of drug-likeness (QED) is 0.838. The van der Waals surface area contributed by atoms with Gasteiger partial charge in [-0.2, -0.15) is 0 Å². The van der Waals surface area contributed by atoms with Gasteiger partial charge < -0.3 is 5.11 Å². The van der Waals surface area contributed by atoms with E-state index in [1.165, 1.54) is 10.8 Å². The molecule has 0 spiro atoms. The first-order valence-corrected chi connectivity index (χ1v) is 6.68. The van der Waals surface area contributed by atoms with Gasteiger partial charge in [-0.15, -0.1) is 11.8 Å².